The molecule has 0 unspecified atom stereocenters. The van der Waals surface area contributed by atoms with Gasteiger partial charge >= 0.3 is 5.97 Å². The summed E-state index contributed by atoms with van der Waals surface area (Å²) in [5.41, 5.74) is 4.46. The highest BCUT2D eigenvalue weighted by atomic mass is 16.5. The van der Waals surface area contributed by atoms with Gasteiger partial charge in [-0.05, 0) is 61.1 Å². The molecule has 1 heterocycles. The highest BCUT2D eigenvalue weighted by Crippen LogP contribution is 2.33. The molecule has 37 heavy (non-hydrogen) atoms. The van der Waals surface area contributed by atoms with Crippen molar-refractivity contribution in [3.8, 4) is 11.5 Å². The number of ether oxygens (including phenoxy) is 3. The molecule has 0 fully saturated rings. The van der Waals surface area contributed by atoms with E-state index in [-0.39, 0.29) is 5.91 Å². The first-order chi connectivity index (χ1) is 17.9. The van der Waals surface area contributed by atoms with E-state index in [9.17, 15) is 9.59 Å². The lowest BCUT2D eigenvalue weighted by Gasteiger charge is -2.18. The molecule has 1 amide bonds. The lowest BCUT2D eigenvalue weighted by molar-refractivity contribution is -0.136. The Hall–Kier alpha value is -3.54. The van der Waals surface area contributed by atoms with E-state index in [1.165, 1.54) is 44.8 Å². The molecule has 0 radical (unpaired) electrons. The van der Waals surface area contributed by atoms with Gasteiger partial charge in [-0.15, -0.1) is 0 Å². The molecule has 0 aromatic heterocycles. The van der Waals surface area contributed by atoms with Crippen molar-refractivity contribution >= 4 is 18.0 Å². The van der Waals surface area contributed by atoms with Gasteiger partial charge in [0.2, 0.25) is 0 Å². The number of carbonyl (C=O) groups excluding carboxylic acids is 2. The summed E-state index contributed by atoms with van der Waals surface area (Å²) in [5, 5.41) is 0. The van der Waals surface area contributed by atoms with Gasteiger partial charge in [-0.25, -0.2) is 4.79 Å². The van der Waals surface area contributed by atoms with Crippen molar-refractivity contribution in [1.82, 2.24) is 4.90 Å². The molecular formula is C31H39NO5. The minimum absolute atomic E-state index is 0.196. The zero-order chi connectivity index (χ0) is 26.8. The number of allylic oxidation sites excluding steroid dienone is 1. The van der Waals surface area contributed by atoms with Gasteiger partial charge in [-0.3, -0.25) is 4.79 Å². The van der Waals surface area contributed by atoms with Crippen LogP contribution < -0.4 is 9.47 Å². The van der Waals surface area contributed by atoms with Gasteiger partial charge in [0.15, 0.2) is 11.5 Å². The average molecular weight is 506 g/mol. The predicted octanol–water partition coefficient (Wildman–Crippen LogP) is 6.13. The van der Waals surface area contributed by atoms with Crippen LogP contribution in [0.25, 0.3) is 6.08 Å². The topological polar surface area (TPSA) is 65.1 Å². The van der Waals surface area contributed by atoms with Crippen molar-refractivity contribution in [2.75, 3.05) is 27.9 Å². The fraction of sp³-hybridized carbons (Fsp3) is 0.419. The van der Waals surface area contributed by atoms with Crippen LogP contribution in [0.5, 0.6) is 11.5 Å². The Kier molecular flexibility index (Phi) is 10.4. The van der Waals surface area contributed by atoms with E-state index < -0.39 is 5.97 Å². The molecule has 0 saturated heterocycles. The van der Waals surface area contributed by atoms with Crippen molar-refractivity contribution in [2.24, 2.45) is 0 Å². The highest BCUT2D eigenvalue weighted by molar-refractivity contribution is 6.16. The number of aryl methyl sites for hydroxylation is 1. The molecule has 1 aliphatic heterocycles. The maximum atomic E-state index is 13.5. The number of hydrogen-bond donors (Lipinski definition) is 0. The normalized spacial score (nSPS) is 14.5. The molecule has 198 valence electrons. The van der Waals surface area contributed by atoms with Crippen LogP contribution in [0.3, 0.4) is 0 Å². The molecule has 3 rings (SSSR count). The fourth-order valence-corrected chi connectivity index (χ4v) is 4.65. The number of amides is 1. The number of methoxy groups -OCH3 is 3. The van der Waals surface area contributed by atoms with Gasteiger partial charge < -0.3 is 19.1 Å². The second-order valence-electron chi connectivity index (χ2n) is 9.31. The van der Waals surface area contributed by atoms with E-state index in [2.05, 4.69) is 19.1 Å². The Morgan fingerprint density at radius 1 is 0.865 bits per heavy atom. The monoisotopic (exact) mass is 505 g/mol. The molecule has 0 bridgehead atoms. The third-order valence-electron chi connectivity index (χ3n) is 6.83. The Morgan fingerprint density at radius 2 is 1.54 bits per heavy atom. The van der Waals surface area contributed by atoms with Crippen molar-refractivity contribution < 1.29 is 23.8 Å². The lowest BCUT2D eigenvalue weighted by Crippen LogP contribution is -2.27. The number of carbonyl (C=O) groups is 2. The maximum Gasteiger partial charge on any atom is 0.340 e. The van der Waals surface area contributed by atoms with Crippen LogP contribution >= 0.6 is 0 Å². The SMILES string of the molecule is CCCCCCCc1ccc(/C=C2\C(=O)N(CCc3ccc(OC)c(OC)c3)C(C)=C2C(=O)OC)cc1. The van der Waals surface area contributed by atoms with Gasteiger partial charge in [0.25, 0.3) is 5.91 Å². The van der Waals surface area contributed by atoms with Gasteiger partial charge in [0.1, 0.15) is 0 Å². The number of unbranched alkanes of at least 4 members (excludes halogenated alkanes) is 4. The number of nitrogens with zero attached hydrogens (tertiary/aromatic N) is 1. The summed E-state index contributed by atoms with van der Waals surface area (Å²) in [6.45, 7) is 4.44. The minimum atomic E-state index is -0.505. The molecule has 1 aliphatic rings. The molecule has 0 N–H and O–H groups in total. The van der Waals surface area contributed by atoms with E-state index in [0.29, 0.717) is 41.3 Å². The molecule has 6 heteroatoms. The third-order valence-corrected chi connectivity index (χ3v) is 6.83. The number of benzene rings is 2. The molecule has 2 aromatic rings. The molecular weight excluding hydrogens is 466 g/mol. The van der Waals surface area contributed by atoms with E-state index >= 15 is 0 Å². The zero-order valence-electron chi connectivity index (χ0n) is 22.8. The van der Waals surface area contributed by atoms with Crippen LogP contribution in [0.4, 0.5) is 0 Å². The quantitative estimate of drug-likeness (QED) is 0.186. The van der Waals surface area contributed by atoms with Crippen LogP contribution in [0.2, 0.25) is 0 Å². The van der Waals surface area contributed by atoms with E-state index in [4.69, 9.17) is 14.2 Å². The van der Waals surface area contributed by atoms with Crippen LogP contribution in [-0.2, 0) is 27.2 Å². The van der Waals surface area contributed by atoms with Crippen LogP contribution in [0.1, 0.15) is 62.6 Å². The average Bonchev–Trinajstić information content (AvgIpc) is 3.15. The Morgan fingerprint density at radius 3 is 2.19 bits per heavy atom. The zero-order valence-corrected chi connectivity index (χ0v) is 22.8. The summed E-state index contributed by atoms with van der Waals surface area (Å²) in [5.74, 6) is 0.591. The lowest BCUT2D eigenvalue weighted by atomic mass is 10.0. The van der Waals surface area contributed by atoms with Crippen molar-refractivity contribution in [2.45, 2.75) is 58.8 Å². The third kappa shape index (κ3) is 7.03. The van der Waals surface area contributed by atoms with E-state index in [0.717, 1.165) is 17.5 Å². The molecule has 6 nitrogen and oxygen atoms in total. The van der Waals surface area contributed by atoms with Crippen LogP contribution in [0.15, 0.2) is 59.3 Å². The highest BCUT2D eigenvalue weighted by Gasteiger charge is 2.36. The number of hydrogen-bond acceptors (Lipinski definition) is 5. The minimum Gasteiger partial charge on any atom is -0.493 e. The summed E-state index contributed by atoms with van der Waals surface area (Å²) >= 11 is 0. The van der Waals surface area contributed by atoms with E-state index in [1.807, 2.05) is 30.3 Å². The van der Waals surface area contributed by atoms with Gasteiger partial charge in [0.05, 0.1) is 32.5 Å². The van der Waals surface area contributed by atoms with Gasteiger partial charge in [-0.1, -0.05) is 62.9 Å². The van der Waals surface area contributed by atoms with Crippen molar-refractivity contribution in [1.29, 1.82) is 0 Å². The maximum absolute atomic E-state index is 13.5. The standard InChI is InChI=1S/C31H39NO5/c1-6-7-8-9-10-11-23-12-14-24(15-13-23)20-26-29(31(34)37-5)22(2)32(30(26)33)19-18-25-16-17-27(35-3)28(21-25)36-4/h12-17,20-21H,6-11,18-19H2,1-5H3/b26-20-. The molecule has 0 aliphatic carbocycles. The Balaban J connectivity index is 1.76. The first-order valence-electron chi connectivity index (χ1n) is 13.1. The smallest absolute Gasteiger partial charge is 0.340 e. The summed E-state index contributed by atoms with van der Waals surface area (Å²) < 4.78 is 15.7. The second-order valence-corrected chi connectivity index (χ2v) is 9.31. The molecule has 2 aromatic carbocycles. The summed E-state index contributed by atoms with van der Waals surface area (Å²) in [6.07, 6.45) is 9.70. The van der Waals surface area contributed by atoms with Gasteiger partial charge in [0, 0.05) is 12.2 Å². The summed E-state index contributed by atoms with van der Waals surface area (Å²) in [6, 6.07) is 13.9. The molecule has 0 atom stereocenters. The van der Waals surface area contributed by atoms with Crippen molar-refractivity contribution in [3.05, 3.63) is 76.0 Å². The molecule has 0 saturated carbocycles. The summed E-state index contributed by atoms with van der Waals surface area (Å²) in [7, 11) is 4.53. The first-order valence-corrected chi connectivity index (χ1v) is 13.1. The fourth-order valence-electron chi connectivity index (χ4n) is 4.65. The summed E-state index contributed by atoms with van der Waals surface area (Å²) in [4.78, 5) is 27.8. The Bertz CT molecular complexity index is 1150. The molecule has 0 spiro atoms. The van der Waals surface area contributed by atoms with Crippen molar-refractivity contribution in [3.63, 3.8) is 0 Å². The van der Waals surface area contributed by atoms with Gasteiger partial charge in [-0.2, -0.15) is 0 Å². The Labute approximate surface area is 220 Å². The van der Waals surface area contributed by atoms with Crippen LogP contribution in [0, 0.1) is 0 Å². The number of esters is 1. The largest absolute Gasteiger partial charge is 0.493 e. The first kappa shape index (κ1) is 28.0. The van der Waals surface area contributed by atoms with Crippen LogP contribution in [-0.4, -0.2) is 44.7 Å². The predicted molar refractivity (Wildman–Crippen MR) is 147 cm³/mol. The second kappa shape index (κ2) is 13.7. The van der Waals surface area contributed by atoms with E-state index in [1.54, 1.807) is 32.1 Å². The number of rotatable bonds is 13.